The molecule has 0 spiro atoms. The molecule has 10 rings (SSSR count). The van der Waals surface area contributed by atoms with Crippen molar-refractivity contribution < 1.29 is 367 Å². The number of rotatable bonds is 5. The van der Waals surface area contributed by atoms with Crippen molar-refractivity contribution in [2.45, 2.75) is 258 Å². The molecule has 10 aliphatic heterocycles. The van der Waals surface area contributed by atoms with E-state index in [0.29, 0.717) is 82.9 Å². The summed E-state index contributed by atoms with van der Waals surface area (Å²) in [6.45, 7) is 30.3. The minimum Gasteiger partial charge on any atom is -0.658 e. The van der Waals surface area contributed by atoms with E-state index in [-0.39, 0.29) is 370 Å². The zero-order chi connectivity index (χ0) is 79.7. The van der Waals surface area contributed by atoms with Gasteiger partial charge in [0.25, 0.3) is 0 Å². The summed E-state index contributed by atoms with van der Waals surface area (Å²) in [6, 6.07) is -2.22. The van der Waals surface area contributed by atoms with Gasteiger partial charge in [0.05, 0.1) is 23.9 Å². The predicted octanol–water partition coefficient (Wildman–Crippen LogP) is -5.52. The number of carboxylic acids is 3. The average molecular weight is 2280 g/mol. The number of carboxylic acid groups (broad SMARTS) is 3. The van der Waals surface area contributed by atoms with Gasteiger partial charge in [-0.3, -0.25) is 45.0 Å². The number of piperidine rings is 3. The van der Waals surface area contributed by atoms with Crippen LogP contribution >= 0.6 is 0 Å². The molecule has 0 aromatic rings. The molecule has 0 aliphatic carbocycles. The number of alkyl halides is 3. The fourth-order valence-electron chi connectivity index (χ4n) is 13.9. The van der Waals surface area contributed by atoms with E-state index in [1.807, 2.05) is 93.3 Å². The van der Waals surface area contributed by atoms with Gasteiger partial charge in [0.15, 0.2) is 0 Å². The second-order valence-corrected chi connectivity index (χ2v) is 34.7. The first-order chi connectivity index (χ1) is 47.8. The Bertz CT molecular complexity index is 3410. The summed E-state index contributed by atoms with van der Waals surface area (Å²) < 4.78 is 91.4. The van der Waals surface area contributed by atoms with Gasteiger partial charge in [-0.05, 0) is 139 Å². The number of carbonyl (C=O) groups excluding carboxylic acids is 11. The van der Waals surface area contributed by atoms with Crippen LogP contribution in [0.4, 0.5) is 37.1 Å². The molecule has 11 unspecified atom stereocenters. The van der Waals surface area contributed by atoms with Crippen LogP contribution in [0.25, 0.3) is 0 Å². The Labute approximate surface area is 872 Å². The van der Waals surface area contributed by atoms with E-state index in [0.717, 1.165) is 0 Å². The molecule has 10 aliphatic rings. The number of carbonyl (C=O) groups is 11. The second-order valence-electron chi connectivity index (χ2n) is 33.2. The van der Waals surface area contributed by atoms with Gasteiger partial charge in [0.1, 0.15) is 51.1 Å². The molecular formula is C72H116F3N10O22Rb3SW2Y. The first-order valence-corrected chi connectivity index (χ1v) is 36.3. The fourth-order valence-corrected chi connectivity index (χ4v) is 14.4. The Morgan fingerprint density at radius 1 is 0.430 bits per heavy atom. The Balaban J connectivity index is -0.000000656. The van der Waals surface area contributed by atoms with Gasteiger partial charge in [0.2, 0.25) is 0 Å². The minimum absolute atomic E-state index is 0. The van der Waals surface area contributed by atoms with Gasteiger partial charge in [-0.2, -0.15) is 27.2 Å². The van der Waals surface area contributed by atoms with Gasteiger partial charge >= 0.3 is 242 Å². The maximum absolute atomic E-state index is 12.6. The third kappa shape index (κ3) is 34.8. The van der Waals surface area contributed by atoms with Gasteiger partial charge in [-0.25, -0.2) is 24.0 Å². The molecule has 0 saturated carbocycles. The maximum atomic E-state index is 12.6. The van der Waals surface area contributed by atoms with E-state index in [1.165, 1.54) is 21.7 Å². The van der Waals surface area contributed by atoms with Crippen molar-refractivity contribution in [2.75, 3.05) is 101 Å². The number of hydrogen-bond donors (Lipinski definition) is 0. The Kier molecular flexibility index (Phi) is 51.7. The van der Waals surface area contributed by atoms with E-state index >= 15 is 0 Å². The number of halogens is 3. The maximum Gasteiger partial charge on any atom is 2.00 e. The van der Waals surface area contributed by atoms with Crippen molar-refractivity contribution in [3.8, 4) is 0 Å². The number of ketones is 3. The molecule has 1 radical (unpaired) electrons. The number of amides is 5. The number of nitrogens with zero attached hydrogens (tertiary/aromatic N) is 10. The SMILES string of the molecule is C.C.CN1C2CC(=O)C(C(=O)[O-])C1CN(C(=O)OC(C)(C)C)C2.CN1C2CC(=O)CC1CN(C(=O)OC(C)(C)C)C2.CN1C2CC(=O)CC1CN(C(=O)OC(C)(C)C)C2.CN1C2CC(OS(=O)(=O)C(F)(F)F)=C(C(=O)[O-])C1CN(C(=O)OC(C)(C)C)C2.CN1C2C[C-]=C(C(=O)[O-])C1CN(C(=O)OC(C)(C)C)C2.[CH3-].[Rb+].[Rb+].[Rb+].[W+2].[W].[Y]. The Morgan fingerprint density at radius 3 is 1.01 bits per heavy atom. The summed E-state index contributed by atoms with van der Waals surface area (Å²) in [5, 5.41) is 33.9. The van der Waals surface area contributed by atoms with Crippen LogP contribution in [-0.2, 0) is 142 Å². The molecule has 42 heteroatoms. The number of piperazine rings is 5. The van der Waals surface area contributed by atoms with Crippen LogP contribution in [0.5, 0.6) is 0 Å². The Morgan fingerprint density at radius 2 is 0.711 bits per heavy atom. The van der Waals surface area contributed by atoms with Crippen molar-refractivity contribution in [3.63, 3.8) is 0 Å². The van der Waals surface area contributed by atoms with Crippen molar-refractivity contribution in [2.24, 2.45) is 5.92 Å². The molecule has 0 aromatic carbocycles. The molecule has 32 nitrogen and oxygen atoms in total. The van der Waals surface area contributed by atoms with Crippen LogP contribution in [0.3, 0.4) is 0 Å². The number of likely N-dealkylation sites (tertiary alicyclic amines) is 3. The molecule has 11 atom stereocenters. The van der Waals surface area contributed by atoms with Gasteiger partial charge in [-0.15, -0.1) is 5.97 Å². The Hall–Kier alpha value is 0.486. The van der Waals surface area contributed by atoms with Crippen LogP contribution in [0.1, 0.15) is 164 Å². The van der Waals surface area contributed by atoms with E-state index in [4.69, 9.17) is 23.7 Å². The van der Waals surface area contributed by atoms with Gasteiger partial charge in [-0.1, -0.05) is 21.3 Å². The molecule has 10 heterocycles. The second kappa shape index (κ2) is 48.8. The summed E-state index contributed by atoms with van der Waals surface area (Å²) in [7, 11) is 3.20. The first-order valence-electron chi connectivity index (χ1n) is 34.9. The first kappa shape index (κ1) is 121. The molecule has 8 saturated heterocycles. The largest absolute Gasteiger partial charge is 2.00 e. The molecule has 0 N–H and O–H groups in total. The number of likely N-dealkylation sites (N-methyl/N-ethyl adjacent to an activating group) is 5. The molecule has 8 fully saturated rings. The number of aliphatic carboxylic acids is 3. The standard InChI is InChI=1S/C15H21F3N2O7S.C14H22N2O5.C14H21N2O4.2C13H22N2O3.2CH4.CH3.3Rb.2W.Y/c1-14(2,3)26-13(23)20-6-8-5-10(27-28(24,25)15(16,17)18)11(12(21)22)9(7-20)19(8)4;1-14(2,3)21-13(20)16-6-8-5-10(17)11(12(18)19)9(7-16)15(8)4;1-14(2,3)20-13(19)16-7-9-5-6-10(12(17)18)11(8-16)15(9)4;2*1-13(2,3)18-12(17)15-7-9-5-11(16)6-10(8-15)14(9)4;;;;;;;;;/h8-9H,5-7H2,1-4H3,(H,21,22);8-9,11H,5-7H2,1-4H3,(H,18,19);9,11H,5,7-8H2,1-4H3,(H,17,18);2*9-10H,5-8H2,1-4H3;2*1H4;1H3;;;;;;/q;;-1;;;;;-1;3*+1;;+2;/p-3. The minimum atomic E-state index is -6.04. The van der Waals surface area contributed by atoms with Crippen LogP contribution in [0, 0.1) is 19.4 Å². The number of hydrogen-bond acceptors (Lipinski definition) is 27. The summed E-state index contributed by atoms with van der Waals surface area (Å²) >= 11 is 0. The smallest absolute Gasteiger partial charge is 0.658 e. The third-order valence-electron chi connectivity index (χ3n) is 19.1. The van der Waals surface area contributed by atoms with Crippen molar-refractivity contribution in [1.29, 1.82) is 0 Å². The van der Waals surface area contributed by atoms with E-state index in [9.17, 15) is 89.6 Å². The molecular weight excluding hydrogens is 2160 g/mol. The molecule has 5 amide bonds. The monoisotopic (exact) mass is 2270 g/mol. The summed E-state index contributed by atoms with van der Waals surface area (Å²) in [6.07, 6.45) is 3.09. The van der Waals surface area contributed by atoms with Crippen molar-refractivity contribution >= 4 is 75.8 Å². The molecule has 10 bridgehead atoms. The van der Waals surface area contributed by atoms with E-state index < -0.39 is 122 Å². The summed E-state index contributed by atoms with van der Waals surface area (Å²) in [4.78, 5) is 147. The average Bonchev–Trinajstić information content (AvgIpc) is 0.791. The predicted molar refractivity (Wildman–Crippen MR) is 381 cm³/mol. The van der Waals surface area contributed by atoms with Gasteiger partial charge in [0, 0.05) is 218 Å². The topological polar surface area (TPSA) is 379 Å². The fraction of sp³-hybridized carbons (Fsp3) is 0.778. The van der Waals surface area contributed by atoms with Crippen molar-refractivity contribution in [3.05, 3.63) is 30.4 Å². The summed E-state index contributed by atoms with van der Waals surface area (Å²) in [5.41, 5.74) is -9.24. The quantitative estimate of drug-likeness (QED) is 0.0814. The van der Waals surface area contributed by atoms with Crippen LogP contribution < -0.4 is 190 Å². The van der Waals surface area contributed by atoms with E-state index in [1.54, 1.807) is 63.3 Å². The number of ether oxygens (including phenoxy) is 5. The molecule has 631 valence electrons. The number of fused-ring (bicyclic) bond motifs is 10. The third-order valence-corrected chi connectivity index (χ3v) is 20.1. The zero-order valence-corrected chi connectivity index (χ0v) is 93.5. The molecule has 114 heavy (non-hydrogen) atoms. The van der Waals surface area contributed by atoms with Crippen molar-refractivity contribution in [1.82, 2.24) is 49.0 Å². The summed E-state index contributed by atoms with van der Waals surface area (Å²) in [5.74, 6) is -6.18. The normalized spacial score (nSPS) is 25.5. The number of Topliss-reactive ketones (excluding diaryl/α,β-unsaturated/α-hetero) is 3. The van der Waals surface area contributed by atoms with Crippen LogP contribution in [0.2, 0.25) is 0 Å². The van der Waals surface area contributed by atoms with Gasteiger partial charge < -0.3 is 89.5 Å². The van der Waals surface area contributed by atoms with Crippen LogP contribution in [0.15, 0.2) is 16.9 Å². The van der Waals surface area contributed by atoms with E-state index in [2.05, 4.69) is 20.1 Å². The molecule has 0 aromatic heterocycles. The zero-order valence-electron chi connectivity index (χ0n) is 69.3. The van der Waals surface area contributed by atoms with Crippen LogP contribution in [-0.4, -0.2) is 318 Å².